The fourth-order valence-electron chi connectivity index (χ4n) is 6.39. The van der Waals surface area contributed by atoms with Crippen molar-refractivity contribution >= 4 is 29.1 Å². The van der Waals surface area contributed by atoms with Crippen LogP contribution in [0.25, 0.3) is 11.1 Å². The highest BCUT2D eigenvalue weighted by atomic mass is 35.5. The predicted molar refractivity (Wildman–Crippen MR) is 172 cm³/mol. The van der Waals surface area contributed by atoms with Gasteiger partial charge in [0.25, 0.3) is 11.8 Å². The minimum absolute atomic E-state index is 0.0666. The number of hydrogen-bond donors (Lipinski definition) is 2. The van der Waals surface area contributed by atoms with E-state index in [9.17, 15) is 27.9 Å². The Balaban J connectivity index is 1.24. The zero-order valence-corrected chi connectivity index (χ0v) is 27.6. The van der Waals surface area contributed by atoms with Crippen LogP contribution >= 0.6 is 11.6 Å². The number of anilines is 1. The van der Waals surface area contributed by atoms with Crippen LogP contribution in [0.15, 0.2) is 60.0 Å². The lowest BCUT2D eigenvalue weighted by molar-refractivity contribution is -0.160. The van der Waals surface area contributed by atoms with Gasteiger partial charge in [0.1, 0.15) is 23.6 Å². The zero-order chi connectivity index (χ0) is 35.8. The largest absolute Gasteiger partial charge is 0.509 e. The van der Waals surface area contributed by atoms with Crippen LogP contribution in [0, 0.1) is 11.6 Å². The third-order valence-corrected chi connectivity index (χ3v) is 9.36. The number of nitrogens with zero attached hydrogens (tertiary/aromatic N) is 4. The molecule has 2 N–H and O–H groups in total. The third kappa shape index (κ3) is 6.99. The average Bonchev–Trinajstić information content (AvgIpc) is 3.49. The Kier molecular flexibility index (Phi) is 10.0. The highest BCUT2D eigenvalue weighted by Crippen LogP contribution is 2.42. The molecule has 1 aromatic heterocycles. The summed E-state index contributed by atoms with van der Waals surface area (Å²) < 4.78 is 80.8. The van der Waals surface area contributed by atoms with E-state index in [4.69, 9.17) is 21.1 Å². The zero-order valence-electron chi connectivity index (χ0n) is 26.8. The van der Waals surface area contributed by atoms with Crippen molar-refractivity contribution in [2.75, 3.05) is 51.3 Å². The molecule has 0 radical (unpaired) electrons. The van der Waals surface area contributed by atoms with Crippen molar-refractivity contribution in [2.24, 2.45) is 0 Å². The number of carbonyl (C=O) groups is 2. The molecule has 0 saturated carbocycles. The summed E-state index contributed by atoms with van der Waals surface area (Å²) in [6.07, 6.45) is -2.83. The number of hydrogen-bond acceptors (Lipinski definition) is 8. The van der Waals surface area contributed by atoms with E-state index in [-0.39, 0.29) is 46.3 Å². The van der Waals surface area contributed by atoms with Crippen molar-refractivity contribution < 1.29 is 46.1 Å². The summed E-state index contributed by atoms with van der Waals surface area (Å²) in [6.45, 7) is 4.67. The molecule has 2 aromatic carbocycles. The van der Waals surface area contributed by atoms with E-state index in [1.54, 1.807) is 6.92 Å². The Morgan fingerprint density at radius 3 is 2.56 bits per heavy atom. The van der Waals surface area contributed by atoms with Gasteiger partial charge in [-0.05, 0) is 50.1 Å². The van der Waals surface area contributed by atoms with Gasteiger partial charge in [-0.3, -0.25) is 24.5 Å². The van der Waals surface area contributed by atoms with Crippen molar-refractivity contribution in [1.29, 1.82) is 0 Å². The molecule has 4 heterocycles. The van der Waals surface area contributed by atoms with Crippen LogP contribution in [0.3, 0.4) is 0 Å². The number of fused-ring (bicyclic) bond motifs is 1. The second-order valence-electron chi connectivity index (χ2n) is 12.3. The van der Waals surface area contributed by atoms with Crippen molar-refractivity contribution in [1.82, 2.24) is 19.9 Å². The number of alkyl halides is 3. The normalized spacial score (nSPS) is 20.3. The summed E-state index contributed by atoms with van der Waals surface area (Å²) in [5.74, 6) is -5.21. The molecule has 2 saturated heterocycles. The molecule has 3 aliphatic heterocycles. The molecule has 0 bridgehead atoms. The number of ether oxygens (including phenoxy) is 2. The first-order valence-electron chi connectivity index (χ1n) is 15.9. The number of hydrazine groups is 1. The molecule has 1 unspecified atom stereocenters. The van der Waals surface area contributed by atoms with Crippen LogP contribution in [0.1, 0.15) is 31.0 Å². The van der Waals surface area contributed by atoms with Crippen molar-refractivity contribution in [2.45, 2.75) is 38.0 Å². The summed E-state index contributed by atoms with van der Waals surface area (Å²) in [7, 11) is 0. The Morgan fingerprint density at radius 2 is 1.86 bits per heavy atom. The number of nitrogens with one attached hydrogen (secondary N) is 1. The van der Waals surface area contributed by atoms with Gasteiger partial charge in [0.15, 0.2) is 11.6 Å². The number of amides is 2. The van der Waals surface area contributed by atoms with E-state index in [0.717, 1.165) is 23.3 Å². The predicted octanol–water partition coefficient (Wildman–Crippen LogP) is 5.97. The number of halogens is 6. The topological polar surface area (TPSA) is 107 Å². The minimum Gasteiger partial charge on any atom is -0.509 e. The number of aliphatic hydroxyl groups excluding tert-OH is 1. The first-order chi connectivity index (χ1) is 23.8. The van der Waals surface area contributed by atoms with Crippen molar-refractivity contribution in [3.8, 4) is 16.9 Å². The molecule has 16 heteroatoms. The maximum Gasteiger partial charge on any atom is 0.433 e. The quantitative estimate of drug-likeness (QED) is 0.206. The minimum atomic E-state index is -4.67. The molecule has 2 amide bonds. The Bertz CT molecular complexity index is 1820. The molecule has 3 aliphatic rings. The van der Waals surface area contributed by atoms with E-state index < -0.39 is 58.7 Å². The SMILES string of the molecule is CC12CCCN1N(Cc1ccc(OCCN3CCOCC3)c(F)c1F)C(=O)C(C(=O)Nc1ccc(Cl)cc1-c1ccc(C(F)(F)F)nc1)=C2O. The van der Waals surface area contributed by atoms with E-state index in [1.165, 1.54) is 35.3 Å². The summed E-state index contributed by atoms with van der Waals surface area (Å²) in [6, 6.07) is 8.74. The van der Waals surface area contributed by atoms with Gasteiger partial charge in [0.2, 0.25) is 5.82 Å². The molecule has 0 aliphatic carbocycles. The molecule has 3 aromatic rings. The smallest absolute Gasteiger partial charge is 0.433 e. The highest BCUT2D eigenvalue weighted by Gasteiger charge is 2.52. The first-order valence-corrected chi connectivity index (χ1v) is 16.2. The van der Waals surface area contributed by atoms with E-state index in [0.29, 0.717) is 45.7 Å². The maximum atomic E-state index is 15.5. The second kappa shape index (κ2) is 14.1. The summed E-state index contributed by atoms with van der Waals surface area (Å²) in [5.41, 5.74) is -2.69. The number of benzene rings is 2. The van der Waals surface area contributed by atoms with Crippen molar-refractivity contribution in [3.05, 3.63) is 87.9 Å². The Labute approximate surface area is 289 Å². The summed E-state index contributed by atoms with van der Waals surface area (Å²) in [5, 5.41) is 16.8. The number of carbonyl (C=O) groups excluding carboxylic acids is 2. The molecular weight excluding hydrogens is 689 g/mol. The number of aromatic nitrogens is 1. The summed E-state index contributed by atoms with van der Waals surface area (Å²) >= 11 is 6.17. The van der Waals surface area contributed by atoms with Gasteiger partial charge < -0.3 is 19.9 Å². The fourth-order valence-corrected chi connectivity index (χ4v) is 6.57. The van der Waals surface area contributed by atoms with E-state index >= 15 is 8.78 Å². The van der Waals surface area contributed by atoms with Crippen LogP contribution in [0.5, 0.6) is 5.75 Å². The molecule has 2 fully saturated rings. The monoisotopic (exact) mass is 721 g/mol. The van der Waals surface area contributed by atoms with Gasteiger partial charge in [-0.1, -0.05) is 23.7 Å². The fraction of sp³-hybridized carbons (Fsp3) is 0.382. The standard InChI is InChI=1S/C34H33ClF5N5O5/c1-33-9-2-10-45(33)44(19-21-3-7-25(29(37)28(21)36)50-16-13-43-11-14-49-15-12-43)32(48)27(30(33)46)31(47)42-24-6-5-22(35)17-23(24)20-4-8-26(41-18-20)34(38,39)40/h3-8,17-18,46H,2,9-16,19H2,1H3,(H,42,47). The Hall–Kier alpha value is -4.31. The molecule has 0 spiro atoms. The highest BCUT2D eigenvalue weighted by molar-refractivity contribution is 6.31. The Morgan fingerprint density at radius 1 is 1.10 bits per heavy atom. The first kappa shape index (κ1) is 35.5. The van der Waals surface area contributed by atoms with Gasteiger partial charge >= 0.3 is 6.18 Å². The second-order valence-corrected chi connectivity index (χ2v) is 12.8. The molecule has 50 heavy (non-hydrogen) atoms. The molecule has 266 valence electrons. The van der Waals surface area contributed by atoms with Crippen LogP contribution in [-0.2, 0) is 27.0 Å². The lowest BCUT2D eigenvalue weighted by Crippen LogP contribution is -2.60. The molecule has 1 atom stereocenters. The third-order valence-electron chi connectivity index (χ3n) is 9.13. The van der Waals surface area contributed by atoms with Crippen molar-refractivity contribution in [3.63, 3.8) is 0 Å². The van der Waals surface area contributed by atoms with Gasteiger partial charge in [-0.2, -0.15) is 17.6 Å². The molecular formula is C34H33ClF5N5O5. The lowest BCUT2D eigenvalue weighted by Gasteiger charge is -2.46. The number of morpholine rings is 1. The average molecular weight is 722 g/mol. The van der Waals surface area contributed by atoms with Gasteiger partial charge in [-0.25, -0.2) is 9.40 Å². The van der Waals surface area contributed by atoms with E-state index in [2.05, 4.69) is 15.2 Å². The maximum absolute atomic E-state index is 15.5. The van der Waals surface area contributed by atoms with Gasteiger partial charge in [0, 0.05) is 59.8 Å². The number of aliphatic hydroxyl groups is 1. The van der Waals surface area contributed by atoms with Crippen LogP contribution in [0.2, 0.25) is 5.02 Å². The summed E-state index contributed by atoms with van der Waals surface area (Å²) in [4.78, 5) is 33.3. The van der Waals surface area contributed by atoms with Crippen LogP contribution in [0.4, 0.5) is 27.6 Å². The number of rotatable bonds is 9. The van der Waals surface area contributed by atoms with E-state index in [1.807, 2.05) is 0 Å². The molecule has 10 nitrogen and oxygen atoms in total. The van der Waals surface area contributed by atoms with Gasteiger partial charge in [0.05, 0.1) is 25.3 Å². The van der Waals surface area contributed by atoms with Crippen LogP contribution < -0.4 is 10.1 Å². The van der Waals surface area contributed by atoms with Crippen LogP contribution in [-0.4, -0.2) is 88.4 Å². The number of pyridine rings is 1. The van der Waals surface area contributed by atoms with Gasteiger partial charge in [-0.15, -0.1) is 0 Å². The molecule has 6 rings (SSSR count). The lowest BCUT2D eigenvalue weighted by atomic mass is 9.90.